The molecule has 0 atom stereocenters. The first kappa shape index (κ1) is 19.3. The van der Waals surface area contributed by atoms with Gasteiger partial charge in [0.2, 0.25) is 0 Å². The van der Waals surface area contributed by atoms with Gasteiger partial charge in [-0.25, -0.2) is 4.99 Å². The summed E-state index contributed by atoms with van der Waals surface area (Å²) in [6, 6.07) is 24.7. The average molecular weight is 421 g/mol. The van der Waals surface area contributed by atoms with Crippen molar-refractivity contribution in [3.63, 3.8) is 0 Å². The summed E-state index contributed by atoms with van der Waals surface area (Å²) in [5, 5.41) is 4.03. The molecule has 144 valence electrons. The maximum Gasteiger partial charge on any atom is 0.264 e. The summed E-state index contributed by atoms with van der Waals surface area (Å²) < 4.78 is 5.97. The van der Waals surface area contributed by atoms with Crippen LogP contribution in [0.5, 0.6) is 5.75 Å². The summed E-state index contributed by atoms with van der Waals surface area (Å²) in [5.74, 6) is 0.507. The molecule has 3 aromatic carbocycles. The van der Waals surface area contributed by atoms with Crippen LogP contribution in [-0.4, -0.2) is 11.1 Å². The van der Waals surface area contributed by atoms with E-state index in [0.29, 0.717) is 27.5 Å². The molecule has 6 heteroatoms. The van der Waals surface area contributed by atoms with E-state index < -0.39 is 0 Å². The fourth-order valence-corrected chi connectivity index (χ4v) is 3.77. The lowest BCUT2D eigenvalue weighted by Gasteiger charge is -2.10. The third-order valence-corrected chi connectivity index (χ3v) is 5.46. The highest BCUT2D eigenvalue weighted by atomic mass is 35.5. The summed E-state index contributed by atoms with van der Waals surface area (Å²) in [5.41, 5.74) is 2.51. The molecule has 0 aliphatic carbocycles. The van der Waals surface area contributed by atoms with Gasteiger partial charge in [0, 0.05) is 16.1 Å². The smallest absolute Gasteiger partial charge is 0.264 e. The van der Waals surface area contributed by atoms with Crippen molar-refractivity contribution in [3.8, 4) is 5.75 Å². The van der Waals surface area contributed by atoms with Crippen molar-refractivity contribution < 1.29 is 9.53 Å². The SMILES string of the molecule is O=C1NC(=Nc2ccccc2)S/C1=C/c1ccccc1OCc1ccccc1Cl. The van der Waals surface area contributed by atoms with E-state index >= 15 is 0 Å². The fraction of sp³-hybridized carbons (Fsp3) is 0.0435. The number of nitrogens with one attached hydrogen (secondary N) is 1. The molecular weight excluding hydrogens is 404 g/mol. The predicted octanol–water partition coefficient (Wildman–Crippen LogP) is 5.81. The van der Waals surface area contributed by atoms with Gasteiger partial charge in [-0.2, -0.15) is 0 Å². The van der Waals surface area contributed by atoms with Gasteiger partial charge in [0.1, 0.15) is 12.4 Å². The number of para-hydroxylation sites is 2. The van der Waals surface area contributed by atoms with E-state index in [0.717, 1.165) is 16.8 Å². The van der Waals surface area contributed by atoms with Gasteiger partial charge in [-0.15, -0.1) is 0 Å². The van der Waals surface area contributed by atoms with E-state index in [9.17, 15) is 4.79 Å². The van der Waals surface area contributed by atoms with Crippen molar-refractivity contribution in [3.05, 3.63) is 99.9 Å². The lowest BCUT2D eigenvalue weighted by Crippen LogP contribution is -2.19. The molecule has 1 saturated heterocycles. The molecule has 0 bridgehead atoms. The molecule has 4 rings (SSSR count). The molecule has 1 aliphatic rings. The molecule has 4 nitrogen and oxygen atoms in total. The number of aliphatic imine (C=N–C) groups is 1. The molecule has 1 N–H and O–H groups in total. The van der Waals surface area contributed by atoms with Crippen molar-refractivity contribution in [2.24, 2.45) is 4.99 Å². The van der Waals surface area contributed by atoms with Crippen LogP contribution in [0.15, 0.2) is 88.8 Å². The van der Waals surface area contributed by atoms with Crippen molar-refractivity contribution in [1.82, 2.24) is 5.32 Å². The Hall–Kier alpha value is -3.02. The Bertz CT molecular complexity index is 1100. The summed E-state index contributed by atoms with van der Waals surface area (Å²) >= 11 is 7.52. The quantitative estimate of drug-likeness (QED) is 0.530. The van der Waals surface area contributed by atoms with Gasteiger partial charge in [-0.1, -0.05) is 66.2 Å². The van der Waals surface area contributed by atoms with Crippen LogP contribution in [0.2, 0.25) is 5.02 Å². The van der Waals surface area contributed by atoms with Crippen LogP contribution in [0.25, 0.3) is 6.08 Å². The number of nitrogens with zero attached hydrogens (tertiary/aromatic N) is 1. The van der Waals surface area contributed by atoms with Crippen molar-refractivity contribution in [2.75, 3.05) is 0 Å². The Morgan fingerprint density at radius 3 is 2.52 bits per heavy atom. The van der Waals surface area contributed by atoms with Crippen LogP contribution < -0.4 is 10.1 Å². The highest BCUT2D eigenvalue weighted by molar-refractivity contribution is 8.18. The van der Waals surface area contributed by atoms with Crippen LogP contribution in [-0.2, 0) is 11.4 Å². The van der Waals surface area contributed by atoms with Crippen molar-refractivity contribution in [1.29, 1.82) is 0 Å². The lowest BCUT2D eigenvalue weighted by atomic mass is 10.2. The fourth-order valence-electron chi connectivity index (χ4n) is 2.74. The molecular formula is C23H17ClN2O2S. The van der Waals surface area contributed by atoms with E-state index in [-0.39, 0.29) is 5.91 Å². The topological polar surface area (TPSA) is 50.7 Å². The van der Waals surface area contributed by atoms with E-state index in [1.165, 1.54) is 11.8 Å². The molecule has 3 aromatic rings. The van der Waals surface area contributed by atoms with Crippen LogP contribution in [0.4, 0.5) is 5.69 Å². The third-order valence-electron chi connectivity index (χ3n) is 4.18. The summed E-state index contributed by atoms with van der Waals surface area (Å²) in [4.78, 5) is 17.4. The molecule has 0 spiro atoms. The molecule has 0 saturated carbocycles. The molecule has 1 fully saturated rings. The lowest BCUT2D eigenvalue weighted by molar-refractivity contribution is -0.115. The van der Waals surface area contributed by atoms with Crippen LogP contribution in [0.3, 0.4) is 0 Å². The van der Waals surface area contributed by atoms with Gasteiger partial charge in [0.15, 0.2) is 5.17 Å². The zero-order chi connectivity index (χ0) is 20.1. The predicted molar refractivity (Wildman–Crippen MR) is 119 cm³/mol. The number of benzene rings is 3. The second-order valence-electron chi connectivity index (χ2n) is 6.24. The summed E-state index contributed by atoms with van der Waals surface area (Å²) in [6.07, 6.45) is 1.81. The number of hydrogen-bond acceptors (Lipinski definition) is 4. The summed E-state index contributed by atoms with van der Waals surface area (Å²) in [7, 11) is 0. The number of halogens is 1. The maximum atomic E-state index is 12.4. The standard InChI is InChI=1S/C23H17ClN2O2S/c24-19-12-6-4-9-17(19)15-28-20-13-7-5-8-16(20)14-21-22(27)26-23(29-21)25-18-10-2-1-3-11-18/h1-14H,15H2,(H,25,26,27)/b21-14+. The molecule has 29 heavy (non-hydrogen) atoms. The number of rotatable bonds is 5. The van der Waals surface area contributed by atoms with E-state index in [1.807, 2.05) is 84.9 Å². The molecule has 0 radical (unpaired) electrons. The minimum atomic E-state index is -0.175. The van der Waals surface area contributed by atoms with Crippen LogP contribution >= 0.6 is 23.4 Å². The first-order chi connectivity index (χ1) is 14.2. The number of hydrogen-bond donors (Lipinski definition) is 1. The Balaban J connectivity index is 1.53. The number of amides is 1. The summed E-state index contributed by atoms with van der Waals surface area (Å²) in [6.45, 7) is 0.347. The Kier molecular flexibility index (Phi) is 5.98. The third kappa shape index (κ3) is 4.88. The Morgan fingerprint density at radius 1 is 0.966 bits per heavy atom. The minimum Gasteiger partial charge on any atom is -0.488 e. The molecule has 1 amide bonds. The largest absolute Gasteiger partial charge is 0.488 e. The van der Waals surface area contributed by atoms with Gasteiger partial charge in [-0.3, -0.25) is 4.79 Å². The van der Waals surface area contributed by atoms with Gasteiger partial charge >= 0.3 is 0 Å². The zero-order valence-electron chi connectivity index (χ0n) is 15.3. The van der Waals surface area contributed by atoms with E-state index in [4.69, 9.17) is 16.3 Å². The number of carbonyl (C=O) groups is 1. The Labute approximate surface area is 178 Å². The maximum absolute atomic E-state index is 12.4. The first-order valence-corrected chi connectivity index (χ1v) is 10.2. The number of amidine groups is 1. The second-order valence-corrected chi connectivity index (χ2v) is 7.67. The normalized spacial score (nSPS) is 16.2. The van der Waals surface area contributed by atoms with Gasteiger partial charge < -0.3 is 10.1 Å². The molecule has 0 aromatic heterocycles. The first-order valence-electron chi connectivity index (χ1n) is 8.99. The second kappa shape index (κ2) is 8.99. The van der Waals surface area contributed by atoms with Gasteiger partial charge in [0.25, 0.3) is 5.91 Å². The zero-order valence-corrected chi connectivity index (χ0v) is 16.9. The van der Waals surface area contributed by atoms with Crippen LogP contribution in [0.1, 0.15) is 11.1 Å². The molecule has 0 unspecified atom stereocenters. The van der Waals surface area contributed by atoms with E-state index in [2.05, 4.69) is 10.3 Å². The number of carbonyl (C=O) groups excluding carboxylic acids is 1. The van der Waals surface area contributed by atoms with Gasteiger partial charge in [-0.05, 0) is 42.1 Å². The van der Waals surface area contributed by atoms with Crippen molar-refractivity contribution >= 4 is 46.2 Å². The Morgan fingerprint density at radius 2 is 1.69 bits per heavy atom. The monoisotopic (exact) mass is 420 g/mol. The van der Waals surface area contributed by atoms with Gasteiger partial charge in [0.05, 0.1) is 10.6 Å². The molecule has 1 heterocycles. The van der Waals surface area contributed by atoms with E-state index in [1.54, 1.807) is 0 Å². The number of thioether (sulfide) groups is 1. The highest BCUT2D eigenvalue weighted by Crippen LogP contribution is 2.31. The van der Waals surface area contributed by atoms with Crippen molar-refractivity contribution in [2.45, 2.75) is 6.61 Å². The minimum absolute atomic E-state index is 0.175. The van der Waals surface area contributed by atoms with Crippen LogP contribution in [0, 0.1) is 0 Å². The highest BCUT2D eigenvalue weighted by Gasteiger charge is 2.24. The average Bonchev–Trinajstić information content (AvgIpc) is 3.08. The molecule has 1 aliphatic heterocycles. The number of ether oxygens (including phenoxy) is 1.